The van der Waals surface area contributed by atoms with Crippen LogP contribution in [0.15, 0.2) is 78.9 Å². The maximum Gasteiger partial charge on any atom is 0.407 e. The zero-order chi connectivity index (χ0) is 45.6. The third-order valence-electron chi connectivity index (χ3n) is 12.4. The van der Waals surface area contributed by atoms with E-state index >= 15 is 0 Å². The zero-order valence-corrected chi connectivity index (χ0v) is 37.7. The predicted octanol–water partition coefficient (Wildman–Crippen LogP) is 7.17. The van der Waals surface area contributed by atoms with Gasteiger partial charge in [-0.2, -0.15) is 0 Å². The summed E-state index contributed by atoms with van der Waals surface area (Å²) in [6.07, 6.45) is 2.74. The average molecular weight is 866 g/mol. The van der Waals surface area contributed by atoms with Gasteiger partial charge in [-0.3, -0.25) is 19.2 Å². The monoisotopic (exact) mass is 865 g/mol. The highest BCUT2D eigenvalue weighted by molar-refractivity contribution is 6.00. The maximum atomic E-state index is 13.7. The number of para-hydroxylation sites is 1. The SMILES string of the molecule is COC(=O)N[C@H](C(=O)N1CCCC1C(=O)Nc1ccc(C2CC[C@H](c3ccc(NC(=O)[C@@H]4CCCN4C(=O)[C@@H](NC(=O)OC)C(C)(C)C)cc3)N2c2ccccc2)cc1)C(C)(C)C. The van der Waals surface area contributed by atoms with Crippen molar-refractivity contribution in [3.63, 3.8) is 0 Å². The quantitative estimate of drug-likeness (QED) is 0.156. The van der Waals surface area contributed by atoms with Gasteiger partial charge in [-0.15, -0.1) is 0 Å². The number of methoxy groups -OCH3 is 2. The number of carbonyl (C=O) groups excluding carboxylic acids is 6. The molecule has 0 radical (unpaired) electrons. The molecule has 0 saturated carbocycles. The number of hydrogen-bond donors (Lipinski definition) is 4. The summed E-state index contributed by atoms with van der Waals surface area (Å²) in [6, 6.07) is 23.0. The number of anilines is 3. The number of alkyl carbamates (subject to hydrolysis) is 2. The largest absolute Gasteiger partial charge is 0.453 e. The van der Waals surface area contributed by atoms with Crippen molar-refractivity contribution < 1.29 is 38.2 Å². The highest BCUT2D eigenvalue weighted by Gasteiger charge is 2.44. The molecule has 3 fully saturated rings. The van der Waals surface area contributed by atoms with Crippen molar-refractivity contribution in [2.45, 2.75) is 116 Å². The molecular formula is C48H63N7O8. The van der Waals surface area contributed by atoms with Crippen molar-refractivity contribution in [2.24, 2.45) is 10.8 Å². The minimum absolute atomic E-state index is 0.0394. The fourth-order valence-corrected chi connectivity index (χ4v) is 9.04. The van der Waals surface area contributed by atoms with E-state index in [2.05, 4.69) is 38.3 Å². The molecule has 3 aromatic rings. The first-order valence-electron chi connectivity index (χ1n) is 21.9. The normalized spacial score (nSPS) is 21.0. The van der Waals surface area contributed by atoms with Crippen LogP contribution in [0.4, 0.5) is 26.7 Å². The Balaban J connectivity index is 1.13. The molecule has 4 N–H and O–H groups in total. The molecule has 3 aliphatic heterocycles. The van der Waals surface area contributed by atoms with Gasteiger partial charge in [0.1, 0.15) is 24.2 Å². The van der Waals surface area contributed by atoms with Crippen LogP contribution in [0.2, 0.25) is 0 Å². The number of ether oxygens (including phenoxy) is 2. The molecule has 3 aromatic carbocycles. The van der Waals surface area contributed by atoms with Crippen molar-refractivity contribution in [3.8, 4) is 0 Å². The van der Waals surface area contributed by atoms with Crippen LogP contribution in [0.5, 0.6) is 0 Å². The zero-order valence-electron chi connectivity index (χ0n) is 37.7. The van der Waals surface area contributed by atoms with E-state index in [1.165, 1.54) is 14.2 Å². The number of hydrogen-bond acceptors (Lipinski definition) is 9. The van der Waals surface area contributed by atoms with Crippen molar-refractivity contribution in [3.05, 3.63) is 90.0 Å². The molecule has 6 amide bonds. The summed E-state index contributed by atoms with van der Waals surface area (Å²) >= 11 is 0. The number of rotatable bonds is 11. The predicted molar refractivity (Wildman–Crippen MR) is 241 cm³/mol. The van der Waals surface area contributed by atoms with Crippen molar-refractivity contribution in [1.82, 2.24) is 20.4 Å². The van der Waals surface area contributed by atoms with Crippen molar-refractivity contribution >= 4 is 52.9 Å². The molecule has 338 valence electrons. The second-order valence-corrected chi connectivity index (χ2v) is 18.8. The van der Waals surface area contributed by atoms with Crippen LogP contribution in [-0.4, -0.2) is 97.1 Å². The lowest BCUT2D eigenvalue weighted by Crippen LogP contribution is -2.57. The molecular weight excluding hydrogens is 803 g/mol. The fraction of sp³-hybridized carbons (Fsp3) is 0.500. The number of amides is 6. The summed E-state index contributed by atoms with van der Waals surface area (Å²) < 4.78 is 9.55. The minimum atomic E-state index is -0.863. The third kappa shape index (κ3) is 10.7. The number of nitrogens with zero attached hydrogens (tertiary/aromatic N) is 3. The van der Waals surface area contributed by atoms with E-state index in [9.17, 15) is 28.8 Å². The number of carbonyl (C=O) groups is 6. The highest BCUT2D eigenvalue weighted by atomic mass is 16.5. The Morgan fingerprint density at radius 3 is 1.29 bits per heavy atom. The number of likely N-dealkylation sites (tertiary alicyclic amines) is 2. The summed E-state index contributed by atoms with van der Waals surface area (Å²) in [5.41, 5.74) is 3.29. The minimum Gasteiger partial charge on any atom is -0.453 e. The summed E-state index contributed by atoms with van der Waals surface area (Å²) in [4.78, 5) is 84.6. The van der Waals surface area contributed by atoms with E-state index in [4.69, 9.17) is 9.47 Å². The van der Waals surface area contributed by atoms with E-state index < -0.39 is 47.2 Å². The molecule has 0 aliphatic carbocycles. The van der Waals surface area contributed by atoms with Gasteiger partial charge in [0, 0.05) is 30.2 Å². The van der Waals surface area contributed by atoms with Gasteiger partial charge in [0.25, 0.3) is 0 Å². The van der Waals surface area contributed by atoms with Gasteiger partial charge in [-0.1, -0.05) is 84.0 Å². The lowest BCUT2D eigenvalue weighted by atomic mass is 9.85. The number of benzene rings is 3. The van der Waals surface area contributed by atoms with Crippen LogP contribution in [-0.2, 0) is 28.7 Å². The molecule has 0 bridgehead atoms. The standard InChI is InChI=1S/C48H63N7O8/c1-47(2,3)39(51-45(60)62-7)43(58)53-28-12-16-37(53)41(56)49-32-22-18-30(19-23-32)35-26-27-36(55(35)34-14-10-9-11-15-34)31-20-24-33(25-21-31)50-42(57)38-17-13-29-54(38)44(59)40(48(4,5)6)52-46(61)63-8/h9-11,14-15,18-25,35-40H,12-13,16-17,26-29H2,1-8H3,(H,49,56)(H,50,57)(H,51,60)(H,52,61)/t35-,36?,37+,38?,39-,40-/m1/s1. The van der Waals surface area contributed by atoms with E-state index in [0.717, 1.165) is 29.7 Å². The van der Waals surface area contributed by atoms with Crippen molar-refractivity contribution in [2.75, 3.05) is 42.8 Å². The van der Waals surface area contributed by atoms with E-state index in [1.807, 2.05) is 108 Å². The summed E-state index contributed by atoms with van der Waals surface area (Å²) in [5, 5.41) is 11.4. The molecule has 2 unspecified atom stereocenters. The summed E-state index contributed by atoms with van der Waals surface area (Å²) in [6.45, 7) is 12.0. The Hall–Kier alpha value is -6.12. The number of nitrogens with one attached hydrogen (secondary N) is 4. The Morgan fingerprint density at radius 1 is 0.556 bits per heavy atom. The molecule has 0 spiro atoms. The first-order valence-corrected chi connectivity index (χ1v) is 21.9. The van der Waals surface area contributed by atoms with Crippen LogP contribution in [0.1, 0.15) is 103 Å². The topological polar surface area (TPSA) is 179 Å². The lowest BCUT2D eigenvalue weighted by Gasteiger charge is -2.35. The van der Waals surface area contributed by atoms with Gasteiger partial charge in [-0.05, 0) is 96.9 Å². The highest BCUT2D eigenvalue weighted by Crippen LogP contribution is 2.47. The molecule has 3 saturated heterocycles. The van der Waals surface area contributed by atoms with Gasteiger partial charge in [0.15, 0.2) is 0 Å². The average Bonchev–Trinajstić information content (AvgIpc) is 4.05. The second kappa shape index (κ2) is 19.5. The Bertz CT molecular complexity index is 1990. The molecule has 0 aromatic heterocycles. The molecule has 15 nitrogen and oxygen atoms in total. The molecule has 15 heteroatoms. The van der Waals surface area contributed by atoms with Crippen LogP contribution in [0.3, 0.4) is 0 Å². The molecule has 63 heavy (non-hydrogen) atoms. The Labute approximate surface area is 370 Å². The van der Waals surface area contributed by atoms with Gasteiger partial charge in [0.2, 0.25) is 23.6 Å². The molecule has 6 atom stereocenters. The second-order valence-electron chi connectivity index (χ2n) is 18.8. The molecule has 6 rings (SSSR count). The molecule has 3 heterocycles. The Morgan fingerprint density at radius 2 is 0.937 bits per heavy atom. The van der Waals surface area contributed by atoms with Gasteiger partial charge >= 0.3 is 12.2 Å². The maximum absolute atomic E-state index is 13.7. The lowest BCUT2D eigenvalue weighted by molar-refractivity contribution is -0.140. The summed E-state index contributed by atoms with van der Waals surface area (Å²) in [7, 11) is 2.50. The van der Waals surface area contributed by atoms with Crippen LogP contribution < -0.4 is 26.2 Å². The van der Waals surface area contributed by atoms with E-state index in [1.54, 1.807) is 9.80 Å². The first-order chi connectivity index (χ1) is 29.9. The van der Waals surface area contributed by atoms with Crippen LogP contribution in [0, 0.1) is 10.8 Å². The summed E-state index contributed by atoms with van der Waals surface area (Å²) in [5.74, 6) is -1.19. The Kier molecular flexibility index (Phi) is 14.4. The third-order valence-corrected chi connectivity index (χ3v) is 12.4. The smallest absolute Gasteiger partial charge is 0.407 e. The van der Waals surface area contributed by atoms with Crippen LogP contribution >= 0.6 is 0 Å². The van der Waals surface area contributed by atoms with E-state index in [0.29, 0.717) is 50.1 Å². The van der Waals surface area contributed by atoms with E-state index in [-0.39, 0.29) is 35.7 Å². The van der Waals surface area contributed by atoms with Gasteiger partial charge < -0.3 is 45.4 Å². The van der Waals surface area contributed by atoms with Gasteiger partial charge in [-0.25, -0.2) is 9.59 Å². The van der Waals surface area contributed by atoms with Gasteiger partial charge in [0.05, 0.1) is 26.3 Å². The first kappa shape index (κ1) is 46.4. The fourth-order valence-electron chi connectivity index (χ4n) is 9.04. The van der Waals surface area contributed by atoms with Crippen LogP contribution in [0.25, 0.3) is 0 Å². The van der Waals surface area contributed by atoms with Crippen molar-refractivity contribution in [1.29, 1.82) is 0 Å². The molecule has 3 aliphatic rings.